The van der Waals surface area contributed by atoms with Gasteiger partial charge < -0.3 is 36.1 Å². The van der Waals surface area contributed by atoms with E-state index >= 15 is 0 Å². The Morgan fingerprint density at radius 1 is 1.22 bits per heavy atom. The minimum Gasteiger partial charge on any atom is -0.509 e. The molecule has 0 radical (unpaired) electrons. The molecule has 3 rings (SSSR count). The molecule has 4 atom stereocenters. The van der Waals surface area contributed by atoms with Crippen molar-refractivity contribution in [1.29, 1.82) is 0 Å². The van der Waals surface area contributed by atoms with Gasteiger partial charge in [-0.05, 0) is 32.5 Å². The van der Waals surface area contributed by atoms with E-state index in [1.807, 2.05) is 0 Å². The van der Waals surface area contributed by atoms with Crippen LogP contribution in [-0.4, -0.2) is 107 Å². The SMILES string of the molecule is CC(N(C)S(=O)(=O)N1C[C@H](CCCB2OCC(CC(=O)O)(C(=O)O)C(=O)O2)[C@](N)(C(=O)O)C1)C1(N)CC1. The predicted molar refractivity (Wildman–Crippen MR) is 126 cm³/mol. The molecule has 1 saturated carbocycles. The number of carboxylic acid groups (broad SMARTS) is 3. The van der Waals surface area contributed by atoms with Gasteiger partial charge in [0.05, 0.1) is 13.0 Å². The average Bonchev–Trinajstić information content (AvgIpc) is 3.45. The third-order valence-corrected chi connectivity index (χ3v) is 9.86. The number of rotatable bonds is 12. The molecule has 37 heavy (non-hydrogen) atoms. The molecule has 2 heterocycles. The van der Waals surface area contributed by atoms with Gasteiger partial charge in [0.1, 0.15) is 5.54 Å². The Labute approximate surface area is 214 Å². The van der Waals surface area contributed by atoms with Crippen molar-refractivity contribution in [2.24, 2.45) is 22.8 Å². The number of carbonyl (C=O) groups is 4. The summed E-state index contributed by atoms with van der Waals surface area (Å²) in [4.78, 5) is 46.9. The topological polar surface area (TPSA) is 240 Å². The number of carboxylic acids is 3. The van der Waals surface area contributed by atoms with Crippen molar-refractivity contribution >= 4 is 41.2 Å². The van der Waals surface area contributed by atoms with Gasteiger partial charge in [0.25, 0.3) is 10.2 Å². The first kappa shape index (κ1) is 29.3. The highest BCUT2D eigenvalue weighted by Gasteiger charge is 2.57. The first-order chi connectivity index (χ1) is 17.0. The van der Waals surface area contributed by atoms with Gasteiger partial charge in [0.2, 0.25) is 0 Å². The number of nitrogens with zero attached hydrogens (tertiary/aromatic N) is 2. The van der Waals surface area contributed by atoms with Gasteiger partial charge in [-0.15, -0.1) is 0 Å². The Kier molecular flexibility index (Phi) is 7.99. The van der Waals surface area contributed by atoms with Gasteiger partial charge in [-0.25, -0.2) is 0 Å². The summed E-state index contributed by atoms with van der Waals surface area (Å²) in [6.07, 6.45) is 0.757. The fourth-order valence-electron chi connectivity index (χ4n) is 4.81. The van der Waals surface area contributed by atoms with E-state index in [4.69, 9.17) is 25.9 Å². The van der Waals surface area contributed by atoms with Crippen LogP contribution in [0.3, 0.4) is 0 Å². The van der Waals surface area contributed by atoms with Crippen LogP contribution in [0, 0.1) is 11.3 Å². The summed E-state index contributed by atoms with van der Waals surface area (Å²) in [5.74, 6) is -6.55. The number of hydrogen-bond acceptors (Lipinski definition) is 10. The molecule has 2 aliphatic heterocycles. The van der Waals surface area contributed by atoms with Crippen LogP contribution in [0.15, 0.2) is 0 Å². The van der Waals surface area contributed by atoms with Crippen LogP contribution in [0.2, 0.25) is 6.32 Å². The lowest BCUT2D eigenvalue weighted by atomic mass is 9.74. The summed E-state index contributed by atoms with van der Waals surface area (Å²) in [6, 6.07) is -0.495. The minimum atomic E-state index is -4.06. The summed E-state index contributed by atoms with van der Waals surface area (Å²) in [5.41, 5.74) is 7.51. The molecule has 208 valence electrons. The Balaban J connectivity index is 1.63. The van der Waals surface area contributed by atoms with Crippen molar-refractivity contribution in [3.63, 3.8) is 0 Å². The number of carbonyl (C=O) groups excluding carboxylic acids is 1. The van der Waals surface area contributed by atoms with Crippen molar-refractivity contribution in [3.8, 4) is 0 Å². The van der Waals surface area contributed by atoms with Crippen LogP contribution in [-0.2, 0) is 38.7 Å². The van der Waals surface area contributed by atoms with E-state index in [-0.39, 0.29) is 25.7 Å². The summed E-state index contributed by atoms with van der Waals surface area (Å²) in [5, 5.41) is 28.1. The zero-order valence-corrected chi connectivity index (χ0v) is 21.5. The highest BCUT2D eigenvalue weighted by atomic mass is 32.2. The van der Waals surface area contributed by atoms with Gasteiger partial charge in [0.15, 0.2) is 5.41 Å². The second-order valence-corrected chi connectivity index (χ2v) is 12.3. The molecule has 0 amide bonds. The Bertz CT molecular complexity index is 1070. The van der Waals surface area contributed by atoms with Gasteiger partial charge in [-0.2, -0.15) is 17.0 Å². The molecule has 0 spiro atoms. The fourth-order valence-corrected chi connectivity index (χ4v) is 6.53. The lowest BCUT2D eigenvalue weighted by Crippen LogP contribution is -2.56. The molecule has 3 aliphatic rings. The van der Waals surface area contributed by atoms with Crippen LogP contribution in [0.25, 0.3) is 0 Å². The smallest absolute Gasteiger partial charge is 0.509 e. The van der Waals surface area contributed by atoms with Gasteiger partial charge in [-0.1, -0.05) is 6.42 Å². The Morgan fingerprint density at radius 3 is 2.32 bits per heavy atom. The van der Waals surface area contributed by atoms with Crippen LogP contribution >= 0.6 is 0 Å². The van der Waals surface area contributed by atoms with Crippen LogP contribution in [0.1, 0.15) is 39.0 Å². The van der Waals surface area contributed by atoms with Crippen molar-refractivity contribution in [3.05, 3.63) is 0 Å². The molecule has 1 aliphatic carbocycles. The first-order valence-corrected chi connectivity index (χ1v) is 13.2. The molecular formula is C20H33BN4O11S. The molecule has 17 heteroatoms. The maximum Gasteiger partial charge on any atom is 0.527 e. The highest BCUT2D eigenvalue weighted by molar-refractivity contribution is 7.86. The lowest BCUT2D eigenvalue weighted by molar-refractivity contribution is -0.176. The van der Waals surface area contributed by atoms with E-state index in [9.17, 15) is 37.8 Å². The van der Waals surface area contributed by atoms with E-state index in [0.29, 0.717) is 12.8 Å². The molecule has 0 bridgehead atoms. The number of hydrogen-bond donors (Lipinski definition) is 5. The molecule has 0 aromatic carbocycles. The molecule has 2 saturated heterocycles. The van der Waals surface area contributed by atoms with Crippen molar-refractivity contribution < 1.29 is 52.2 Å². The number of nitrogens with two attached hydrogens (primary N) is 2. The zero-order valence-electron chi connectivity index (χ0n) is 20.7. The Morgan fingerprint density at radius 2 is 1.84 bits per heavy atom. The predicted octanol–water partition coefficient (Wildman–Crippen LogP) is -1.86. The molecule has 2 unspecified atom stereocenters. The largest absolute Gasteiger partial charge is 0.527 e. The summed E-state index contributed by atoms with van der Waals surface area (Å²) in [6.45, 7) is 0.420. The van der Waals surface area contributed by atoms with Gasteiger partial charge in [0, 0.05) is 37.6 Å². The van der Waals surface area contributed by atoms with E-state index < -0.39 is 89.2 Å². The molecule has 15 nitrogen and oxygen atoms in total. The van der Waals surface area contributed by atoms with E-state index in [1.54, 1.807) is 6.92 Å². The van der Waals surface area contributed by atoms with E-state index in [1.165, 1.54) is 7.05 Å². The minimum absolute atomic E-state index is 0.0418. The second-order valence-electron chi connectivity index (χ2n) is 10.3. The van der Waals surface area contributed by atoms with Crippen LogP contribution in [0.4, 0.5) is 0 Å². The first-order valence-electron chi connectivity index (χ1n) is 11.8. The van der Waals surface area contributed by atoms with Gasteiger partial charge >= 0.3 is 31.0 Å². The second kappa shape index (κ2) is 10.1. The standard InChI is InChI=1S/C20H33BN4O11S/c1-12(19(22)5-6-19)24(2)37(33,34)25-9-13(20(23,10-25)16(30)31)4-3-7-21-35-11-18(15(28)29,8-14(26)27)17(32)36-21/h12-13H,3-11,22-23H2,1-2H3,(H,26,27)(H,28,29)(H,30,31)/t12?,13-,18?,20-/m0/s1. The maximum atomic E-state index is 13.2. The maximum absolute atomic E-state index is 13.2. The third-order valence-electron chi connectivity index (χ3n) is 7.88. The lowest BCUT2D eigenvalue weighted by Gasteiger charge is -2.33. The Hall–Kier alpha value is -2.31. The number of aliphatic carboxylic acids is 3. The number of likely N-dealkylation sites (N-methyl/N-ethyl adjacent to an activating group) is 1. The fraction of sp³-hybridized carbons (Fsp3) is 0.800. The highest BCUT2D eigenvalue weighted by Crippen LogP contribution is 2.40. The molecule has 7 N–H and O–H groups in total. The molecule has 0 aromatic heterocycles. The molecular weight excluding hydrogens is 515 g/mol. The molecule has 3 fully saturated rings. The molecule has 0 aromatic rings. The van der Waals surface area contributed by atoms with Crippen molar-refractivity contribution in [2.75, 3.05) is 26.7 Å². The average molecular weight is 548 g/mol. The quantitative estimate of drug-likeness (QED) is 0.133. The third kappa shape index (κ3) is 5.47. The van der Waals surface area contributed by atoms with Crippen molar-refractivity contribution in [1.82, 2.24) is 8.61 Å². The zero-order chi connectivity index (χ0) is 28.0. The van der Waals surface area contributed by atoms with E-state index in [0.717, 1.165) is 8.61 Å². The normalized spacial score (nSPS) is 30.7. The van der Waals surface area contributed by atoms with Crippen LogP contribution < -0.4 is 11.5 Å². The van der Waals surface area contributed by atoms with E-state index in [2.05, 4.69) is 0 Å². The summed E-state index contributed by atoms with van der Waals surface area (Å²) < 4.78 is 39.0. The summed E-state index contributed by atoms with van der Waals surface area (Å²) >= 11 is 0. The van der Waals surface area contributed by atoms with Gasteiger partial charge in [-0.3, -0.25) is 19.2 Å². The van der Waals surface area contributed by atoms with Crippen LogP contribution in [0.5, 0.6) is 0 Å². The van der Waals surface area contributed by atoms with Crippen molar-refractivity contribution in [2.45, 2.75) is 62.5 Å². The monoisotopic (exact) mass is 548 g/mol. The summed E-state index contributed by atoms with van der Waals surface area (Å²) in [7, 11) is -3.83.